The molecule has 0 aliphatic heterocycles. The number of benzene rings is 2. The smallest absolute Gasteiger partial charge is 0.141 e. The lowest BCUT2D eigenvalue weighted by Gasteiger charge is -2.11. The Balaban J connectivity index is 1.97. The minimum Gasteiger partial charge on any atom is -0.772 e. The fourth-order valence-corrected chi connectivity index (χ4v) is 3.02. The molecule has 23 heavy (non-hydrogen) atoms. The highest BCUT2D eigenvalue weighted by Gasteiger charge is 2.08. The van der Waals surface area contributed by atoms with Crippen LogP contribution in [0.1, 0.15) is 5.56 Å². The molecule has 0 saturated carbocycles. The van der Waals surface area contributed by atoms with Crippen molar-refractivity contribution in [3.63, 3.8) is 0 Å². The topological polar surface area (TPSA) is 45.1 Å². The first-order valence-corrected chi connectivity index (χ1v) is 8.45. The Morgan fingerprint density at radius 2 is 1.87 bits per heavy atom. The second kappa shape index (κ2) is 6.66. The van der Waals surface area contributed by atoms with Crippen LogP contribution in [-0.2, 0) is 16.8 Å². The van der Waals surface area contributed by atoms with Crippen molar-refractivity contribution in [2.45, 2.75) is 5.75 Å². The highest BCUT2D eigenvalue weighted by molar-refractivity contribution is 7.78. The summed E-state index contributed by atoms with van der Waals surface area (Å²) in [5, 5.41) is 0.0652. The van der Waals surface area contributed by atoms with Gasteiger partial charge in [0.15, 0.2) is 0 Å². The van der Waals surface area contributed by atoms with Gasteiger partial charge in [-0.1, -0.05) is 46.9 Å². The Labute approximate surface area is 140 Å². The molecule has 0 aliphatic rings. The Kier molecular flexibility index (Phi) is 4.61. The summed E-state index contributed by atoms with van der Waals surface area (Å²) >= 11 is 3.75. The first kappa shape index (κ1) is 15.9. The minimum atomic E-state index is -2.10. The summed E-state index contributed by atoms with van der Waals surface area (Å²) in [4.78, 5) is 0. The van der Waals surface area contributed by atoms with Crippen LogP contribution in [0.25, 0.3) is 16.9 Å². The molecule has 0 bridgehead atoms. The average Bonchev–Trinajstić information content (AvgIpc) is 3.00. The number of hydrogen-bond donors (Lipinski definition) is 0. The molecule has 0 fully saturated rings. The van der Waals surface area contributed by atoms with Crippen molar-refractivity contribution in [3.05, 3.63) is 77.2 Å². The molecule has 0 radical (unpaired) electrons. The van der Waals surface area contributed by atoms with Crippen molar-refractivity contribution in [1.82, 2.24) is 4.57 Å². The van der Waals surface area contributed by atoms with Gasteiger partial charge in [0.05, 0.1) is 10.7 Å². The van der Waals surface area contributed by atoms with Gasteiger partial charge in [-0.25, -0.2) is 4.39 Å². The van der Waals surface area contributed by atoms with Crippen molar-refractivity contribution in [2.24, 2.45) is 0 Å². The van der Waals surface area contributed by atoms with Crippen LogP contribution < -0.4 is 0 Å². The maximum absolute atomic E-state index is 13.3. The van der Waals surface area contributed by atoms with Gasteiger partial charge in [0.2, 0.25) is 0 Å². The van der Waals surface area contributed by atoms with E-state index in [1.807, 2.05) is 35.0 Å². The van der Waals surface area contributed by atoms with E-state index in [4.69, 9.17) is 11.6 Å². The molecule has 1 unspecified atom stereocenters. The fourth-order valence-electron chi connectivity index (χ4n) is 2.38. The van der Waals surface area contributed by atoms with Crippen molar-refractivity contribution < 1.29 is 13.2 Å². The van der Waals surface area contributed by atoms with Crippen LogP contribution in [0.2, 0.25) is 5.02 Å². The van der Waals surface area contributed by atoms with E-state index in [0.717, 1.165) is 22.5 Å². The minimum absolute atomic E-state index is 0.00510. The van der Waals surface area contributed by atoms with Crippen LogP contribution in [0.5, 0.6) is 0 Å². The number of rotatable bonds is 4. The molecule has 0 spiro atoms. The van der Waals surface area contributed by atoms with Crippen LogP contribution in [0, 0.1) is 5.82 Å². The van der Waals surface area contributed by atoms with E-state index < -0.39 is 16.9 Å². The van der Waals surface area contributed by atoms with Crippen molar-refractivity contribution in [1.29, 1.82) is 0 Å². The monoisotopic (exact) mass is 348 g/mol. The average molecular weight is 349 g/mol. The summed E-state index contributed by atoms with van der Waals surface area (Å²) in [7, 11) is 0. The molecular weight excluding hydrogens is 337 g/mol. The Morgan fingerprint density at radius 1 is 1.13 bits per heavy atom. The van der Waals surface area contributed by atoms with E-state index in [9.17, 15) is 13.2 Å². The van der Waals surface area contributed by atoms with E-state index in [0.29, 0.717) is 0 Å². The standard InChI is InChI=1S/C17H13ClFNO2S/c18-15-10-14(7-8-16(15)19)20-9-1-2-17(20)13-5-3-12(4-6-13)11-23(21)22/h1-10H,11H2,(H,21,22)/p-1. The molecule has 2 aromatic carbocycles. The molecule has 1 aromatic heterocycles. The van der Waals surface area contributed by atoms with Crippen LogP contribution in [-0.4, -0.2) is 13.3 Å². The van der Waals surface area contributed by atoms with Crippen molar-refractivity contribution >= 4 is 22.7 Å². The molecular formula is C17H12ClFNO2S-. The van der Waals surface area contributed by atoms with Crippen molar-refractivity contribution in [3.8, 4) is 16.9 Å². The Hall–Kier alpha value is -1.95. The summed E-state index contributed by atoms with van der Waals surface area (Å²) in [5.41, 5.74) is 3.31. The lowest BCUT2D eigenvalue weighted by molar-refractivity contribution is 0.536. The van der Waals surface area contributed by atoms with Gasteiger partial charge in [-0.2, -0.15) is 0 Å². The quantitative estimate of drug-likeness (QED) is 0.659. The predicted octanol–water partition coefficient (Wildman–Crippen LogP) is 4.32. The SMILES string of the molecule is O=S([O-])Cc1ccc(-c2cccn2-c2ccc(F)c(Cl)c2)cc1. The van der Waals surface area contributed by atoms with Gasteiger partial charge in [-0.3, -0.25) is 4.21 Å². The maximum atomic E-state index is 13.3. The lowest BCUT2D eigenvalue weighted by atomic mass is 10.1. The molecule has 0 saturated heterocycles. The molecule has 1 atom stereocenters. The third kappa shape index (κ3) is 3.52. The third-order valence-electron chi connectivity index (χ3n) is 3.46. The largest absolute Gasteiger partial charge is 0.772 e. The lowest BCUT2D eigenvalue weighted by Crippen LogP contribution is -1.97. The van der Waals surface area contributed by atoms with Gasteiger partial charge >= 0.3 is 0 Å². The molecule has 0 N–H and O–H groups in total. The number of halogens is 2. The van der Waals surface area contributed by atoms with Gasteiger partial charge in [0, 0.05) is 17.6 Å². The first-order valence-electron chi connectivity index (χ1n) is 6.82. The third-order valence-corrected chi connectivity index (χ3v) is 4.32. The molecule has 0 aliphatic carbocycles. The fraction of sp³-hybridized carbons (Fsp3) is 0.0588. The maximum Gasteiger partial charge on any atom is 0.141 e. The summed E-state index contributed by atoms with van der Waals surface area (Å²) in [6.07, 6.45) is 1.86. The molecule has 6 heteroatoms. The molecule has 3 rings (SSSR count). The second-order valence-corrected chi connectivity index (χ2v) is 6.31. The van der Waals surface area contributed by atoms with E-state index in [1.165, 1.54) is 6.07 Å². The van der Waals surface area contributed by atoms with E-state index in [-0.39, 0.29) is 10.8 Å². The molecule has 1 heterocycles. The first-order chi connectivity index (χ1) is 11.0. The molecule has 0 amide bonds. The zero-order valence-corrected chi connectivity index (χ0v) is 13.5. The van der Waals surface area contributed by atoms with Crippen LogP contribution in [0.15, 0.2) is 60.8 Å². The Morgan fingerprint density at radius 3 is 2.52 bits per heavy atom. The van der Waals surface area contributed by atoms with Gasteiger partial charge in [0.1, 0.15) is 5.82 Å². The normalized spacial score (nSPS) is 12.3. The predicted molar refractivity (Wildman–Crippen MR) is 88.8 cm³/mol. The zero-order chi connectivity index (χ0) is 16.4. The highest BCUT2D eigenvalue weighted by atomic mass is 35.5. The summed E-state index contributed by atoms with van der Waals surface area (Å²) < 4.78 is 36.7. The van der Waals surface area contributed by atoms with E-state index >= 15 is 0 Å². The highest BCUT2D eigenvalue weighted by Crippen LogP contribution is 2.26. The summed E-state index contributed by atoms with van der Waals surface area (Å²) in [6.45, 7) is 0. The number of aromatic nitrogens is 1. The molecule has 118 valence electrons. The van der Waals surface area contributed by atoms with Gasteiger partial charge in [0.25, 0.3) is 0 Å². The van der Waals surface area contributed by atoms with E-state index in [2.05, 4.69) is 0 Å². The van der Waals surface area contributed by atoms with Crippen molar-refractivity contribution in [2.75, 3.05) is 0 Å². The van der Waals surface area contributed by atoms with Crippen LogP contribution in [0.3, 0.4) is 0 Å². The second-order valence-electron chi connectivity index (χ2n) is 5.01. The number of hydrogen-bond acceptors (Lipinski definition) is 2. The van der Waals surface area contributed by atoms with Crippen LogP contribution >= 0.6 is 11.6 Å². The van der Waals surface area contributed by atoms with E-state index in [1.54, 1.807) is 24.3 Å². The molecule has 3 nitrogen and oxygen atoms in total. The summed E-state index contributed by atoms with van der Waals surface area (Å²) in [6, 6.07) is 15.6. The number of nitrogens with zero attached hydrogens (tertiary/aromatic N) is 1. The van der Waals surface area contributed by atoms with Gasteiger partial charge in [-0.15, -0.1) is 0 Å². The zero-order valence-electron chi connectivity index (χ0n) is 11.9. The van der Waals surface area contributed by atoms with Gasteiger partial charge < -0.3 is 9.12 Å². The summed E-state index contributed by atoms with van der Waals surface area (Å²) in [5.74, 6) is -0.464. The van der Waals surface area contributed by atoms with Gasteiger partial charge in [-0.05, 0) is 41.5 Å². The van der Waals surface area contributed by atoms with Crippen LogP contribution in [0.4, 0.5) is 4.39 Å². The Bertz CT molecular complexity index is 861. The molecule has 3 aromatic rings.